The lowest BCUT2D eigenvalue weighted by atomic mass is 10.1. The number of ether oxygens (including phenoxy) is 2. The summed E-state index contributed by atoms with van der Waals surface area (Å²) < 4.78 is 39.6. The molecule has 29 heavy (non-hydrogen) atoms. The third-order valence-corrected chi connectivity index (χ3v) is 6.83. The van der Waals surface area contributed by atoms with Crippen molar-refractivity contribution in [2.45, 2.75) is 17.6 Å². The lowest BCUT2D eigenvalue weighted by Crippen LogP contribution is -2.42. The Labute approximate surface area is 170 Å². The van der Waals surface area contributed by atoms with Gasteiger partial charge in [-0.1, -0.05) is 54.6 Å². The number of nitrogens with one attached hydrogen (secondary N) is 1. The summed E-state index contributed by atoms with van der Waals surface area (Å²) in [6.45, 7) is 0.218. The van der Waals surface area contributed by atoms with Gasteiger partial charge in [0.05, 0.1) is 19.9 Å². The number of hydrogen-bond donors (Lipinski definition) is 1. The molecule has 1 N–H and O–H groups in total. The SMILES string of the molecule is COc1cccc(C2Nc3ccccc3S(=O)(=O)N2Cc2ccccc2)c1OC. The molecule has 0 saturated heterocycles. The number of sulfonamides is 1. The maximum atomic E-state index is 13.6. The number of hydrogen-bond acceptors (Lipinski definition) is 5. The Hall–Kier alpha value is -3.03. The molecule has 1 atom stereocenters. The van der Waals surface area contributed by atoms with E-state index < -0.39 is 16.2 Å². The van der Waals surface area contributed by atoms with Gasteiger partial charge in [-0.15, -0.1) is 0 Å². The number of benzene rings is 3. The molecule has 0 fully saturated rings. The number of rotatable bonds is 5. The van der Waals surface area contributed by atoms with E-state index in [0.717, 1.165) is 5.56 Å². The van der Waals surface area contributed by atoms with Crippen molar-refractivity contribution in [3.05, 3.63) is 83.9 Å². The Morgan fingerprint density at radius 2 is 1.62 bits per heavy atom. The first-order chi connectivity index (χ1) is 14.1. The number of methoxy groups -OCH3 is 2. The van der Waals surface area contributed by atoms with Crippen molar-refractivity contribution in [3.63, 3.8) is 0 Å². The predicted octanol–water partition coefficient (Wildman–Crippen LogP) is 4.02. The molecule has 0 spiro atoms. The molecule has 0 aromatic heterocycles. The molecule has 3 aromatic carbocycles. The predicted molar refractivity (Wildman–Crippen MR) is 112 cm³/mol. The van der Waals surface area contributed by atoms with Crippen molar-refractivity contribution in [1.29, 1.82) is 0 Å². The maximum absolute atomic E-state index is 13.6. The molecule has 4 rings (SSSR count). The van der Waals surface area contributed by atoms with E-state index in [9.17, 15) is 8.42 Å². The molecule has 6 nitrogen and oxygen atoms in total. The molecule has 0 aliphatic carbocycles. The normalized spacial score (nSPS) is 17.8. The third-order valence-electron chi connectivity index (χ3n) is 4.96. The maximum Gasteiger partial charge on any atom is 0.247 e. The van der Waals surface area contributed by atoms with Crippen molar-refractivity contribution in [2.75, 3.05) is 19.5 Å². The van der Waals surface area contributed by atoms with Crippen molar-refractivity contribution >= 4 is 15.7 Å². The average molecular weight is 410 g/mol. The number of nitrogens with zero attached hydrogens (tertiary/aromatic N) is 1. The van der Waals surface area contributed by atoms with E-state index in [4.69, 9.17) is 9.47 Å². The van der Waals surface area contributed by atoms with Gasteiger partial charge in [0.25, 0.3) is 0 Å². The van der Waals surface area contributed by atoms with E-state index in [-0.39, 0.29) is 11.4 Å². The number of anilines is 1. The van der Waals surface area contributed by atoms with Crippen LogP contribution in [0.4, 0.5) is 5.69 Å². The summed E-state index contributed by atoms with van der Waals surface area (Å²) in [5.74, 6) is 1.04. The molecule has 0 bridgehead atoms. The van der Waals surface area contributed by atoms with Crippen molar-refractivity contribution in [1.82, 2.24) is 4.31 Å². The summed E-state index contributed by atoms with van der Waals surface area (Å²) in [5.41, 5.74) is 2.14. The van der Waals surface area contributed by atoms with Crippen molar-refractivity contribution in [3.8, 4) is 11.5 Å². The molecule has 0 amide bonds. The Morgan fingerprint density at radius 1 is 0.897 bits per heavy atom. The summed E-state index contributed by atoms with van der Waals surface area (Å²) in [5, 5.41) is 3.38. The first-order valence-electron chi connectivity index (χ1n) is 9.18. The van der Waals surface area contributed by atoms with Gasteiger partial charge in [0.15, 0.2) is 11.5 Å². The lowest BCUT2D eigenvalue weighted by Gasteiger charge is -2.38. The summed E-state index contributed by atoms with van der Waals surface area (Å²) in [6, 6.07) is 21.9. The fraction of sp³-hybridized carbons (Fsp3) is 0.182. The third kappa shape index (κ3) is 3.43. The summed E-state index contributed by atoms with van der Waals surface area (Å²) in [7, 11) is -0.639. The number of para-hydroxylation sites is 2. The van der Waals surface area contributed by atoms with E-state index in [1.807, 2.05) is 48.5 Å². The van der Waals surface area contributed by atoms with Crippen LogP contribution in [-0.4, -0.2) is 26.9 Å². The highest BCUT2D eigenvalue weighted by atomic mass is 32.2. The monoisotopic (exact) mass is 410 g/mol. The molecule has 3 aromatic rings. The van der Waals surface area contributed by atoms with Gasteiger partial charge >= 0.3 is 0 Å². The van der Waals surface area contributed by atoms with Crippen molar-refractivity contribution in [2.24, 2.45) is 0 Å². The van der Waals surface area contributed by atoms with E-state index in [1.165, 1.54) is 4.31 Å². The van der Waals surface area contributed by atoms with Crippen LogP contribution in [0.2, 0.25) is 0 Å². The van der Waals surface area contributed by atoms with Gasteiger partial charge in [0.1, 0.15) is 11.1 Å². The highest BCUT2D eigenvalue weighted by molar-refractivity contribution is 7.89. The van der Waals surface area contributed by atoms with Crippen LogP contribution < -0.4 is 14.8 Å². The molecule has 0 radical (unpaired) electrons. The van der Waals surface area contributed by atoms with Gasteiger partial charge in [0.2, 0.25) is 10.0 Å². The molecule has 1 aliphatic heterocycles. The molecule has 0 saturated carbocycles. The second kappa shape index (κ2) is 7.77. The van der Waals surface area contributed by atoms with Crippen LogP contribution >= 0.6 is 0 Å². The van der Waals surface area contributed by atoms with Crippen LogP contribution in [-0.2, 0) is 16.6 Å². The largest absolute Gasteiger partial charge is 0.493 e. The van der Waals surface area contributed by atoms with Crippen LogP contribution in [0.15, 0.2) is 77.7 Å². The smallest absolute Gasteiger partial charge is 0.247 e. The topological polar surface area (TPSA) is 67.9 Å². The average Bonchev–Trinajstić information content (AvgIpc) is 2.75. The summed E-state index contributed by atoms with van der Waals surface area (Å²) >= 11 is 0. The van der Waals surface area contributed by atoms with Crippen LogP contribution in [0.25, 0.3) is 0 Å². The minimum absolute atomic E-state index is 0.218. The fourth-order valence-corrected chi connectivity index (χ4v) is 5.27. The minimum Gasteiger partial charge on any atom is -0.493 e. The zero-order chi connectivity index (χ0) is 20.4. The van der Waals surface area contributed by atoms with E-state index in [1.54, 1.807) is 38.5 Å². The van der Waals surface area contributed by atoms with E-state index in [0.29, 0.717) is 22.7 Å². The second-order valence-corrected chi connectivity index (χ2v) is 8.52. The fourth-order valence-electron chi connectivity index (χ4n) is 3.60. The quantitative estimate of drug-likeness (QED) is 0.688. The van der Waals surface area contributed by atoms with Gasteiger partial charge in [-0.2, -0.15) is 4.31 Å². The Kier molecular flexibility index (Phi) is 5.17. The van der Waals surface area contributed by atoms with Crippen LogP contribution in [0.3, 0.4) is 0 Å². The van der Waals surface area contributed by atoms with Crippen LogP contribution in [0, 0.1) is 0 Å². The van der Waals surface area contributed by atoms with E-state index >= 15 is 0 Å². The van der Waals surface area contributed by atoms with Gasteiger partial charge in [-0.05, 0) is 23.8 Å². The van der Waals surface area contributed by atoms with Crippen LogP contribution in [0.5, 0.6) is 11.5 Å². The first kappa shape index (κ1) is 19.3. The zero-order valence-corrected chi connectivity index (χ0v) is 17.0. The molecule has 1 unspecified atom stereocenters. The minimum atomic E-state index is -3.75. The Morgan fingerprint density at radius 3 is 2.34 bits per heavy atom. The Balaban J connectivity index is 1.89. The molecule has 1 aliphatic rings. The van der Waals surface area contributed by atoms with Gasteiger partial charge in [-0.3, -0.25) is 0 Å². The highest BCUT2D eigenvalue weighted by Crippen LogP contribution is 2.43. The number of fused-ring (bicyclic) bond motifs is 1. The van der Waals surface area contributed by atoms with Gasteiger partial charge in [-0.25, -0.2) is 8.42 Å². The standard InChI is InChI=1S/C22H22N2O4S/c1-27-19-13-8-11-17(21(19)28-2)22-23-18-12-6-7-14-20(18)29(25,26)24(22)15-16-9-4-3-5-10-16/h3-14,22-23H,15H2,1-2H3. The van der Waals surface area contributed by atoms with Gasteiger partial charge < -0.3 is 14.8 Å². The summed E-state index contributed by atoms with van der Waals surface area (Å²) in [4.78, 5) is 0.258. The summed E-state index contributed by atoms with van der Waals surface area (Å²) in [6.07, 6.45) is -0.653. The van der Waals surface area contributed by atoms with Gasteiger partial charge in [0, 0.05) is 12.1 Å². The molecule has 7 heteroatoms. The second-order valence-electron chi connectivity index (χ2n) is 6.66. The molecule has 150 valence electrons. The molecular weight excluding hydrogens is 388 g/mol. The Bertz CT molecular complexity index is 1120. The molecule has 1 heterocycles. The van der Waals surface area contributed by atoms with Crippen LogP contribution in [0.1, 0.15) is 17.3 Å². The first-order valence-corrected chi connectivity index (χ1v) is 10.6. The van der Waals surface area contributed by atoms with Crippen molar-refractivity contribution < 1.29 is 17.9 Å². The molecular formula is C22H22N2O4S. The lowest BCUT2D eigenvalue weighted by molar-refractivity contribution is 0.312. The van der Waals surface area contributed by atoms with E-state index in [2.05, 4.69) is 5.32 Å². The highest BCUT2D eigenvalue weighted by Gasteiger charge is 2.40. The zero-order valence-electron chi connectivity index (χ0n) is 16.2.